The molecule has 1 heterocycles. The Morgan fingerprint density at radius 3 is 2.93 bits per heavy atom. The number of rotatable bonds is 3. The molecule has 1 aromatic carbocycles. The van der Waals surface area contributed by atoms with E-state index in [0.717, 1.165) is 18.4 Å². The van der Waals surface area contributed by atoms with E-state index in [0.29, 0.717) is 0 Å². The molecule has 0 radical (unpaired) electrons. The quantitative estimate of drug-likeness (QED) is 0.755. The van der Waals surface area contributed by atoms with Crippen LogP contribution in [0.2, 0.25) is 0 Å². The number of benzene rings is 1. The summed E-state index contributed by atoms with van der Waals surface area (Å²) in [5.41, 5.74) is 3.67. The lowest BCUT2D eigenvalue weighted by molar-refractivity contribution is 0.918. The molecule has 2 heteroatoms. The van der Waals surface area contributed by atoms with Gasteiger partial charge in [-0.2, -0.15) is 5.10 Å². The molecule has 0 saturated heterocycles. The average molecular weight is 200 g/mol. The Labute approximate surface area is 90.0 Å². The third-order valence-electron chi connectivity index (χ3n) is 2.49. The Hall–Kier alpha value is -1.57. The summed E-state index contributed by atoms with van der Waals surface area (Å²) in [5.74, 6) is 0. The van der Waals surface area contributed by atoms with Gasteiger partial charge in [0.1, 0.15) is 0 Å². The number of allylic oxidation sites excluding steroid dienone is 2. The molecule has 0 bridgehead atoms. The molecule has 78 valence electrons. The Balaban J connectivity index is 2.18. The van der Waals surface area contributed by atoms with Crippen molar-refractivity contribution in [2.75, 3.05) is 0 Å². The number of nitrogens with zero attached hydrogens (tertiary/aromatic N) is 1. The van der Waals surface area contributed by atoms with E-state index in [1.807, 2.05) is 12.1 Å². The van der Waals surface area contributed by atoms with Crippen LogP contribution in [-0.4, -0.2) is 10.2 Å². The lowest BCUT2D eigenvalue weighted by Crippen LogP contribution is -1.84. The highest BCUT2D eigenvalue weighted by molar-refractivity contribution is 5.81. The lowest BCUT2D eigenvalue weighted by Gasteiger charge is -1.95. The number of para-hydroxylation sites is 1. The highest BCUT2D eigenvalue weighted by Gasteiger charge is 2.02. The van der Waals surface area contributed by atoms with Crippen LogP contribution in [0.3, 0.4) is 0 Å². The molecule has 0 aliphatic rings. The first-order valence-corrected chi connectivity index (χ1v) is 5.33. The van der Waals surface area contributed by atoms with Gasteiger partial charge in [-0.15, -0.1) is 0 Å². The predicted molar refractivity (Wildman–Crippen MR) is 63.8 cm³/mol. The van der Waals surface area contributed by atoms with Gasteiger partial charge in [-0.25, -0.2) is 0 Å². The molecule has 0 amide bonds. The predicted octanol–water partition coefficient (Wildman–Crippen LogP) is 3.46. The number of nitrogens with one attached hydrogen (secondary N) is 1. The van der Waals surface area contributed by atoms with E-state index in [-0.39, 0.29) is 0 Å². The molecule has 0 aliphatic heterocycles. The fourth-order valence-corrected chi connectivity index (χ4v) is 1.71. The second-order valence-electron chi connectivity index (χ2n) is 4.04. The number of fused-ring (bicyclic) bond motifs is 1. The average Bonchev–Trinajstić information content (AvgIpc) is 2.62. The third kappa shape index (κ3) is 2.27. The maximum Gasteiger partial charge on any atom is 0.0923 e. The molecule has 15 heavy (non-hydrogen) atoms. The van der Waals surface area contributed by atoms with Gasteiger partial charge in [0.25, 0.3) is 0 Å². The van der Waals surface area contributed by atoms with Crippen LogP contribution in [0, 0.1) is 0 Å². The third-order valence-corrected chi connectivity index (χ3v) is 2.49. The smallest absolute Gasteiger partial charge is 0.0923 e. The Kier molecular flexibility index (Phi) is 2.86. The van der Waals surface area contributed by atoms with Crippen molar-refractivity contribution in [3.63, 3.8) is 0 Å². The zero-order valence-electron chi connectivity index (χ0n) is 9.25. The Morgan fingerprint density at radius 1 is 1.33 bits per heavy atom. The summed E-state index contributed by atoms with van der Waals surface area (Å²) < 4.78 is 0. The minimum atomic E-state index is 1.03. The number of hydrogen-bond donors (Lipinski definition) is 1. The molecule has 0 saturated carbocycles. The first-order valence-electron chi connectivity index (χ1n) is 5.33. The van der Waals surface area contributed by atoms with Gasteiger partial charge in [-0.3, -0.25) is 5.10 Å². The topological polar surface area (TPSA) is 28.7 Å². The van der Waals surface area contributed by atoms with E-state index in [2.05, 4.69) is 42.3 Å². The summed E-state index contributed by atoms with van der Waals surface area (Å²) in [4.78, 5) is 0. The first-order chi connectivity index (χ1) is 7.27. The summed E-state index contributed by atoms with van der Waals surface area (Å²) in [6, 6.07) is 8.23. The van der Waals surface area contributed by atoms with Crippen molar-refractivity contribution in [3.05, 3.63) is 41.6 Å². The van der Waals surface area contributed by atoms with Crippen LogP contribution >= 0.6 is 0 Å². The molecule has 1 aromatic heterocycles. The van der Waals surface area contributed by atoms with E-state index in [1.165, 1.54) is 16.7 Å². The highest BCUT2D eigenvalue weighted by Crippen LogP contribution is 2.16. The Morgan fingerprint density at radius 2 is 2.13 bits per heavy atom. The van der Waals surface area contributed by atoms with E-state index < -0.39 is 0 Å². The maximum atomic E-state index is 4.27. The normalized spacial score (nSPS) is 10.5. The standard InChI is InChI=1S/C13H16N2/c1-10(2)6-5-9-13-11-7-3-4-8-12(11)14-15-13/h3-4,6-8H,5,9H2,1-2H3,(H,14,15). The molecule has 0 atom stereocenters. The van der Waals surface area contributed by atoms with Crippen LogP contribution in [0.25, 0.3) is 10.9 Å². The van der Waals surface area contributed by atoms with Gasteiger partial charge in [-0.05, 0) is 32.8 Å². The van der Waals surface area contributed by atoms with Gasteiger partial charge in [0.15, 0.2) is 0 Å². The van der Waals surface area contributed by atoms with Crippen molar-refractivity contribution in [1.29, 1.82) is 0 Å². The monoisotopic (exact) mass is 200 g/mol. The second kappa shape index (κ2) is 4.30. The van der Waals surface area contributed by atoms with Crippen LogP contribution in [0.4, 0.5) is 0 Å². The lowest BCUT2D eigenvalue weighted by atomic mass is 10.1. The first kappa shape index (κ1) is 9.97. The van der Waals surface area contributed by atoms with E-state index in [9.17, 15) is 0 Å². The summed E-state index contributed by atoms with van der Waals surface area (Å²) in [6.45, 7) is 4.26. The highest BCUT2D eigenvalue weighted by atomic mass is 15.1. The molecular formula is C13H16N2. The van der Waals surface area contributed by atoms with Crippen molar-refractivity contribution < 1.29 is 0 Å². The number of hydrogen-bond acceptors (Lipinski definition) is 1. The number of H-pyrrole nitrogens is 1. The van der Waals surface area contributed by atoms with Crippen molar-refractivity contribution >= 4 is 10.9 Å². The van der Waals surface area contributed by atoms with Crippen molar-refractivity contribution in [1.82, 2.24) is 10.2 Å². The van der Waals surface area contributed by atoms with Crippen molar-refractivity contribution in [3.8, 4) is 0 Å². The SMILES string of the molecule is CC(C)=CCCc1[nH]nc2ccccc12. The van der Waals surface area contributed by atoms with Crippen LogP contribution in [0.5, 0.6) is 0 Å². The number of aromatic nitrogens is 2. The minimum absolute atomic E-state index is 1.03. The zero-order chi connectivity index (χ0) is 10.7. The van der Waals surface area contributed by atoms with Crippen LogP contribution in [0.15, 0.2) is 35.9 Å². The van der Waals surface area contributed by atoms with Crippen LogP contribution in [-0.2, 0) is 6.42 Å². The summed E-state index contributed by atoms with van der Waals surface area (Å²) >= 11 is 0. The molecule has 2 aromatic rings. The van der Waals surface area contributed by atoms with Crippen LogP contribution < -0.4 is 0 Å². The largest absolute Gasteiger partial charge is 0.281 e. The summed E-state index contributed by atoms with van der Waals surface area (Å²) in [7, 11) is 0. The maximum absolute atomic E-state index is 4.27. The molecule has 2 rings (SSSR count). The minimum Gasteiger partial charge on any atom is -0.281 e. The number of aryl methyl sites for hydroxylation is 1. The van der Waals surface area contributed by atoms with Gasteiger partial charge >= 0.3 is 0 Å². The van der Waals surface area contributed by atoms with Crippen molar-refractivity contribution in [2.45, 2.75) is 26.7 Å². The van der Waals surface area contributed by atoms with Gasteiger partial charge in [0, 0.05) is 11.1 Å². The molecule has 0 fully saturated rings. The van der Waals surface area contributed by atoms with Gasteiger partial charge < -0.3 is 0 Å². The number of aromatic amines is 1. The van der Waals surface area contributed by atoms with Crippen LogP contribution in [0.1, 0.15) is 26.0 Å². The zero-order valence-corrected chi connectivity index (χ0v) is 9.25. The van der Waals surface area contributed by atoms with Gasteiger partial charge in [-0.1, -0.05) is 29.8 Å². The second-order valence-corrected chi connectivity index (χ2v) is 4.04. The fraction of sp³-hybridized carbons (Fsp3) is 0.308. The molecule has 2 nitrogen and oxygen atoms in total. The fourth-order valence-electron chi connectivity index (χ4n) is 1.71. The van der Waals surface area contributed by atoms with Gasteiger partial charge in [0.05, 0.1) is 5.52 Å². The Bertz CT molecular complexity index is 476. The van der Waals surface area contributed by atoms with E-state index >= 15 is 0 Å². The van der Waals surface area contributed by atoms with E-state index in [4.69, 9.17) is 0 Å². The summed E-state index contributed by atoms with van der Waals surface area (Å²) in [5, 5.41) is 8.63. The van der Waals surface area contributed by atoms with Crippen molar-refractivity contribution in [2.24, 2.45) is 0 Å². The van der Waals surface area contributed by atoms with Gasteiger partial charge in [0.2, 0.25) is 0 Å². The summed E-state index contributed by atoms with van der Waals surface area (Å²) in [6.07, 6.45) is 4.37. The molecular weight excluding hydrogens is 184 g/mol. The van der Waals surface area contributed by atoms with E-state index in [1.54, 1.807) is 0 Å². The molecule has 0 aliphatic carbocycles. The molecule has 0 unspecified atom stereocenters. The molecule has 1 N–H and O–H groups in total. The molecule has 0 spiro atoms.